The van der Waals surface area contributed by atoms with Gasteiger partial charge in [0.1, 0.15) is 11.4 Å². The topological polar surface area (TPSA) is 25.4 Å². The number of piperidine rings is 3. The normalized spacial score (nSPS) is 33.0. The third-order valence-electron chi connectivity index (χ3n) is 5.55. The van der Waals surface area contributed by atoms with Gasteiger partial charge in [-0.1, -0.05) is 18.2 Å². The summed E-state index contributed by atoms with van der Waals surface area (Å²) in [7, 11) is 0. The lowest BCUT2D eigenvalue weighted by atomic mass is 9.73. The number of aromatic nitrogens is 1. The molecule has 4 aliphatic heterocycles. The van der Waals surface area contributed by atoms with Gasteiger partial charge in [0.05, 0.1) is 4.11 Å². The molecule has 0 aliphatic carbocycles. The second-order valence-corrected chi connectivity index (χ2v) is 6.85. The van der Waals surface area contributed by atoms with E-state index in [4.69, 9.17) is 8.85 Å². The zero-order valence-corrected chi connectivity index (χ0v) is 12.7. The molecule has 23 heavy (non-hydrogen) atoms. The molecule has 1 atom stereocenters. The molecule has 0 amide bonds. The van der Waals surface area contributed by atoms with Crippen LogP contribution in [-0.4, -0.2) is 35.1 Å². The number of hydrogen-bond donors (Lipinski definition) is 0. The van der Waals surface area contributed by atoms with Crippen LogP contribution in [0.15, 0.2) is 36.5 Å². The summed E-state index contributed by atoms with van der Waals surface area (Å²) in [4.78, 5) is 6.86. The first-order valence-corrected chi connectivity index (χ1v) is 8.14. The molecule has 3 fully saturated rings. The van der Waals surface area contributed by atoms with E-state index in [1.165, 1.54) is 6.07 Å². The van der Waals surface area contributed by atoms with E-state index < -0.39 is 17.9 Å². The largest absolute Gasteiger partial charge is 0.469 e. The summed E-state index contributed by atoms with van der Waals surface area (Å²) in [6.45, 7) is 3.18. The van der Waals surface area contributed by atoms with Crippen molar-refractivity contribution in [2.24, 2.45) is 5.92 Å². The Labute approximate surface area is 139 Å². The quantitative estimate of drug-likeness (QED) is 0.807. The van der Waals surface area contributed by atoms with Gasteiger partial charge in [-0.15, -0.1) is 0 Å². The van der Waals surface area contributed by atoms with Crippen molar-refractivity contribution in [1.29, 1.82) is 0 Å². The summed E-state index contributed by atoms with van der Waals surface area (Å²) < 4.78 is 43.9. The standard InChI is InChI=1S/C19H19FN2O/c20-17-4-2-1-3-16(17)14-9-13-10-19(23-18(13)21-11-14)12-22-7-5-15(19)6-8-22/h1-4,9,11,15H,5-8,10,12H2/t19-/m0/s1/i1T,2T,4T. The summed E-state index contributed by atoms with van der Waals surface area (Å²) in [5.74, 6) is 0.380. The SMILES string of the molecule is [3H]c1cc(-c2cnc3c(c2)C[C@@]2(CN4CCC2CC4)O3)c(F)c([3H])c1[3H]. The Morgan fingerprint density at radius 2 is 2.22 bits per heavy atom. The number of pyridine rings is 1. The fourth-order valence-corrected chi connectivity index (χ4v) is 4.40. The van der Waals surface area contributed by atoms with Crippen LogP contribution >= 0.6 is 0 Å². The van der Waals surface area contributed by atoms with Crippen LogP contribution in [0.5, 0.6) is 5.88 Å². The van der Waals surface area contributed by atoms with Crippen LogP contribution in [0.1, 0.15) is 22.5 Å². The second kappa shape index (κ2) is 4.78. The number of ether oxygens (including phenoxy) is 1. The van der Waals surface area contributed by atoms with Gasteiger partial charge < -0.3 is 4.74 Å². The van der Waals surface area contributed by atoms with Crippen LogP contribution < -0.4 is 4.74 Å². The van der Waals surface area contributed by atoms with Crippen molar-refractivity contribution in [1.82, 2.24) is 9.88 Å². The third kappa shape index (κ3) is 2.01. The summed E-state index contributed by atoms with van der Waals surface area (Å²) in [5.41, 5.74) is 1.44. The minimum Gasteiger partial charge on any atom is -0.469 e. The molecule has 0 radical (unpaired) electrons. The zero-order valence-electron chi connectivity index (χ0n) is 15.7. The number of benzene rings is 1. The van der Waals surface area contributed by atoms with E-state index in [1.807, 2.05) is 6.07 Å². The van der Waals surface area contributed by atoms with Crippen molar-refractivity contribution in [3.63, 3.8) is 0 Å². The van der Waals surface area contributed by atoms with Crippen molar-refractivity contribution >= 4 is 0 Å². The lowest BCUT2D eigenvalue weighted by Crippen LogP contribution is -2.61. The highest BCUT2D eigenvalue weighted by Gasteiger charge is 2.52. The van der Waals surface area contributed by atoms with Crippen LogP contribution in [0.2, 0.25) is 0 Å². The van der Waals surface area contributed by atoms with Crippen molar-refractivity contribution < 1.29 is 13.2 Å². The minimum absolute atomic E-state index is 0.154. The summed E-state index contributed by atoms with van der Waals surface area (Å²) in [5, 5.41) is 0. The van der Waals surface area contributed by atoms with E-state index in [9.17, 15) is 4.39 Å². The van der Waals surface area contributed by atoms with Crippen LogP contribution in [0.25, 0.3) is 11.1 Å². The van der Waals surface area contributed by atoms with Crippen LogP contribution in [-0.2, 0) is 6.42 Å². The molecule has 0 saturated carbocycles. The minimum atomic E-state index is -0.774. The average Bonchev–Trinajstić information content (AvgIpc) is 3.00. The van der Waals surface area contributed by atoms with E-state index in [0.717, 1.165) is 44.5 Å². The molecular weight excluding hydrogens is 291 g/mol. The molecule has 4 aliphatic rings. The summed E-state index contributed by atoms with van der Waals surface area (Å²) in [6, 6.07) is 2.08. The number of hydrogen-bond acceptors (Lipinski definition) is 3. The average molecular weight is 316 g/mol. The van der Waals surface area contributed by atoms with Crippen molar-refractivity contribution in [3.05, 3.63) is 47.8 Å². The van der Waals surface area contributed by atoms with E-state index in [-0.39, 0.29) is 17.2 Å². The van der Waals surface area contributed by atoms with E-state index in [1.54, 1.807) is 6.20 Å². The predicted molar refractivity (Wildman–Crippen MR) is 85.9 cm³/mol. The van der Waals surface area contributed by atoms with Gasteiger partial charge in [0.15, 0.2) is 0 Å². The van der Waals surface area contributed by atoms with Gasteiger partial charge in [0.2, 0.25) is 5.88 Å². The van der Waals surface area contributed by atoms with E-state index in [0.29, 0.717) is 17.4 Å². The molecule has 4 heteroatoms. The number of nitrogens with zero attached hydrogens (tertiary/aromatic N) is 2. The summed E-state index contributed by atoms with van der Waals surface area (Å²) in [6.07, 6.45) is 4.60. The van der Waals surface area contributed by atoms with Gasteiger partial charge in [0.25, 0.3) is 0 Å². The maximum atomic E-state index is 14.5. The van der Waals surface area contributed by atoms with Gasteiger partial charge in [-0.3, -0.25) is 4.90 Å². The van der Waals surface area contributed by atoms with Gasteiger partial charge in [-0.05, 0) is 38.0 Å². The van der Waals surface area contributed by atoms with Crippen LogP contribution in [0, 0.1) is 11.7 Å². The first kappa shape index (κ1) is 10.8. The Bertz CT molecular complexity index is 914. The highest BCUT2D eigenvalue weighted by molar-refractivity contribution is 5.65. The molecule has 6 rings (SSSR count). The number of rotatable bonds is 1. The smallest absolute Gasteiger partial charge is 0.217 e. The highest BCUT2D eigenvalue weighted by Crippen LogP contribution is 2.46. The van der Waals surface area contributed by atoms with E-state index in [2.05, 4.69) is 9.88 Å². The first-order chi connectivity index (χ1) is 12.5. The van der Waals surface area contributed by atoms with Crippen molar-refractivity contribution in [2.75, 3.05) is 19.6 Å². The Hall–Kier alpha value is -1.94. The van der Waals surface area contributed by atoms with Gasteiger partial charge >= 0.3 is 0 Å². The monoisotopic (exact) mass is 316 g/mol. The van der Waals surface area contributed by atoms with Crippen LogP contribution in [0.4, 0.5) is 4.39 Å². The second-order valence-electron chi connectivity index (χ2n) is 6.85. The molecule has 118 valence electrons. The molecular formula is C19H19FN2O. The fraction of sp³-hybridized carbons (Fsp3) is 0.421. The molecule has 1 aromatic carbocycles. The molecule has 1 aromatic heterocycles. The maximum absolute atomic E-state index is 14.5. The van der Waals surface area contributed by atoms with Crippen molar-refractivity contribution in [2.45, 2.75) is 24.9 Å². The fourth-order valence-electron chi connectivity index (χ4n) is 4.40. The lowest BCUT2D eigenvalue weighted by Gasteiger charge is -2.50. The molecule has 3 nitrogen and oxygen atoms in total. The molecule has 1 spiro atoms. The highest BCUT2D eigenvalue weighted by atomic mass is 19.1. The van der Waals surface area contributed by atoms with Gasteiger partial charge in [-0.2, -0.15) is 0 Å². The van der Waals surface area contributed by atoms with Gasteiger partial charge in [-0.25, -0.2) is 9.37 Å². The Balaban J connectivity index is 1.53. The van der Waals surface area contributed by atoms with Gasteiger partial charge in [0, 0.05) is 41.8 Å². The Morgan fingerprint density at radius 3 is 3.00 bits per heavy atom. The number of halogens is 1. The molecule has 0 N–H and O–H groups in total. The maximum Gasteiger partial charge on any atom is 0.217 e. The molecule has 2 bridgehead atoms. The molecule has 0 unspecified atom stereocenters. The predicted octanol–water partition coefficient (Wildman–Crippen LogP) is 3.29. The lowest BCUT2D eigenvalue weighted by molar-refractivity contribution is -0.0814. The van der Waals surface area contributed by atoms with Crippen LogP contribution in [0.3, 0.4) is 0 Å². The number of fused-ring (bicyclic) bond motifs is 3. The van der Waals surface area contributed by atoms with Crippen molar-refractivity contribution in [3.8, 4) is 17.0 Å². The zero-order chi connectivity index (χ0) is 18.1. The third-order valence-corrected chi connectivity index (χ3v) is 5.55. The first-order valence-electron chi connectivity index (χ1n) is 9.64. The summed E-state index contributed by atoms with van der Waals surface area (Å²) >= 11 is 0. The molecule has 3 saturated heterocycles. The van der Waals surface area contributed by atoms with E-state index >= 15 is 0 Å². The Kier molecular flexibility index (Phi) is 2.24. The molecule has 5 heterocycles. The Morgan fingerprint density at radius 1 is 1.35 bits per heavy atom. The molecule has 2 aromatic rings.